The fourth-order valence-corrected chi connectivity index (χ4v) is 2.13. The predicted molar refractivity (Wildman–Crippen MR) is 44.2 cm³/mol. The smallest absolute Gasteiger partial charge is 0.00707 e. The minimum atomic E-state index is 0.530. The molecule has 0 aromatic heterocycles. The van der Waals surface area contributed by atoms with Crippen LogP contribution in [0.4, 0.5) is 0 Å². The van der Waals surface area contributed by atoms with E-state index >= 15 is 0 Å². The minimum Gasteiger partial charge on any atom is -0.287 e. The van der Waals surface area contributed by atoms with Gasteiger partial charge in [0.05, 0.1) is 0 Å². The number of hydrogen-bond donors (Lipinski definition) is 0. The highest BCUT2D eigenvalue weighted by molar-refractivity contribution is 7.13. The van der Waals surface area contributed by atoms with Gasteiger partial charge in [0.2, 0.25) is 0 Å². The van der Waals surface area contributed by atoms with Gasteiger partial charge in [0.1, 0.15) is 0 Å². The van der Waals surface area contributed by atoms with E-state index in [4.69, 9.17) is 0 Å². The third-order valence-corrected chi connectivity index (χ3v) is 2.85. The Labute approximate surface area is 60.1 Å². The van der Waals surface area contributed by atoms with Gasteiger partial charge in [-0.15, -0.1) is 0 Å². The van der Waals surface area contributed by atoms with Gasteiger partial charge in [0, 0.05) is 13.1 Å². The second kappa shape index (κ2) is 2.21. The van der Waals surface area contributed by atoms with Crippen LogP contribution in [-0.4, -0.2) is 17.8 Å². The summed E-state index contributed by atoms with van der Waals surface area (Å²) in [6.45, 7) is 9.45. The maximum absolute atomic E-state index is 2.77. The standard InChI is InChI=1S/C7H16NP/c1-6-4-8(9)5-7(6,2)3/h6H,4-5,9H2,1-3H3. The molecule has 0 spiro atoms. The van der Waals surface area contributed by atoms with Gasteiger partial charge < -0.3 is 0 Å². The zero-order valence-electron chi connectivity index (χ0n) is 6.52. The number of hydrogen-bond acceptors (Lipinski definition) is 1. The Bertz CT molecular complexity index is 111. The molecular weight excluding hydrogens is 129 g/mol. The van der Waals surface area contributed by atoms with Crippen LogP contribution in [0.15, 0.2) is 0 Å². The third kappa shape index (κ3) is 1.45. The first-order valence-electron chi connectivity index (χ1n) is 3.52. The van der Waals surface area contributed by atoms with Crippen molar-refractivity contribution in [1.82, 2.24) is 4.67 Å². The highest BCUT2D eigenvalue weighted by Crippen LogP contribution is 2.35. The van der Waals surface area contributed by atoms with Crippen LogP contribution in [0.2, 0.25) is 0 Å². The predicted octanol–water partition coefficient (Wildman–Crippen LogP) is 1.75. The first-order valence-corrected chi connectivity index (χ1v) is 4.03. The van der Waals surface area contributed by atoms with Gasteiger partial charge in [0.15, 0.2) is 0 Å². The van der Waals surface area contributed by atoms with Crippen molar-refractivity contribution in [3.05, 3.63) is 0 Å². The zero-order valence-corrected chi connectivity index (χ0v) is 7.67. The average molecular weight is 145 g/mol. The molecule has 0 N–H and O–H groups in total. The monoisotopic (exact) mass is 145 g/mol. The molecule has 1 fully saturated rings. The van der Waals surface area contributed by atoms with Crippen LogP contribution in [0.1, 0.15) is 20.8 Å². The van der Waals surface area contributed by atoms with Gasteiger partial charge in [-0.2, -0.15) is 0 Å². The van der Waals surface area contributed by atoms with Crippen molar-refractivity contribution in [3.63, 3.8) is 0 Å². The Balaban J connectivity index is 2.58. The minimum absolute atomic E-state index is 0.530. The van der Waals surface area contributed by atoms with Crippen LogP contribution in [0.3, 0.4) is 0 Å². The first kappa shape index (κ1) is 7.50. The number of nitrogens with zero attached hydrogens (tertiary/aromatic N) is 1. The van der Waals surface area contributed by atoms with Crippen LogP contribution >= 0.6 is 9.39 Å². The van der Waals surface area contributed by atoms with Crippen LogP contribution in [0, 0.1) is 11.3 Å². The molecule has 1 aliphatic heterocycles. The molecule has 0 radical (unpaired) electrons. The summed E-state index contributed by atoms with van der Waals surface area (Å²) >= 11 is 0. The largest absolute Gasteiger partial charge is 0.287 e. The summed E-state index contributed by atoms with van der Waals surface area (Å²) in [5, 5.41) is 0. The molecule has 54 valence electrons. The summed E-state index contributed by atoms with van der Waals surface area (Å²) in [7, 11) is 2.77. The van der Waals surface area contributed by atoms with Gasteiger partial charge in [-0.25, -0.2) is 0 Å². The summed E-state index contributed by atoms with van der Waals surface area (Å²) in [6.07, 6.45) is 0. The molecule has 0 bridgehead atoms. The Morgan fingerprint density at radius 3 is 2.22 bits per heavy atom. The summed E-state index contributed by atoms with van der Waals surface area (Å²) < 4.78 is 2.32. The van der Waals surface area contributed by atoms with E-state index in [1.54, 1.807) is 0 Å². The Morgan fingerprint density at radius 1 is 1.56 bits per heavy atom. The summed E-state index contributed by atoms with van der Waals surface area (Å²) in [6, 6.07) is 0. The molecule has 1 saturated heterocycles. The van der Waals surface area contributed by atoms with E-state index in [-0.39, 0.29) is 0 Å². The summed E-state index contributed by atoms with van der Waals surface area (Å²) in [5.41, 5.74) is 0.530. The average Bonchev–Trinajstić information content (AvgIpc) is 1.79. The fraction of sp³-hybridized carbons (Fsp3) is 1.00. The summed E-state index contributed by atoms with van der Waals surface area (Å²) in [5.74, 6) is 0.843. The molecule has 1 rings (SSSR count). The van der Waals surface area contributed by atoms with Crippen molar-refractivity contribution in [2.24, 2.45) is 11.3 Å². The maximum Gasteiger partial charge on any atom is 0.00707 e. The summed E-state index contributed by atoms with van der Waals surface area (Å²) in [4.78, 5) is 0. The quantitative estimate of drug-likeness (QED) is 0.469. The lowest BCUT2D eigenvalue weighted by Crippen LogP contribution is -2.19. The molecule has 0 aromatic carbocycles. The van der Waals surface area contributed by atoms with Gasteiger partial charge >= 0.3 is 0 Å². The Morgan fingerprint density at radius 2 is 2.11 bits per heavy atom. The van der Waals surface area contributed by atoms with Gasteiger partial charge in [-0.05, 0) is 11.3 Å². The van der Waals surface area contributed by atoms with E-state index in [0.717, 1.165) is 5.92 Å². The molecule has 0 aliphatic carbocycles. The van der Waals surface area contributed by atoms with Crippen LogP contribution in [-0.2, 0) is 0 Å². The molecule has 2 atom stereocenters. The Hall–Kier alpha value is 0.390. The van der Waals surface area contributed by atoms with E-state index < -0.39 is 0 Å². The third-order valence-electron chi connectivity index (χ3n) is 2.45. The molecule has 9 heavy (non-hydrogen) atoms. The SMILES string of the molecule is CC1CN(P)CC1(C)C. The zero-order chi connectivity index (χ0) is 7.07. The van der Waals surface area contributed by atoms with Crippen molar-refractivity contribution in [2.45, 2.75) is 20.8 Å². The van der Waals surface area contributed by atoms with E-state index in [0.29, 0.717) is 5.41 Å². The van der Waals surface area contributed by atoms with Gasteiger partial charge in [-0.3, -0.25) is 4.67 Å². The van der Waals surface area contributed by atoms with Crippen LogP contribution in [0.5, 0.6) is 0 Å². The highest BCUT2D eigenvalue weighted by atomic mass is 31.0. The first-order chi connectivity index (χ1) is 4.02. The maximum atomic E-state index is 2.77. The molecule has 0 saturated carbocycles. The van der Waals surface area contributed by atoms with E-state index in [2.05, 4.69) is 34.8 Å². The lowest BCUT2D eigenvalue weighted by atomic mass is 9.84. The van der Waals surface area contributed by atoms with Crippen molar-refractivity contribution in [3.8, 4) is 0 Å². The van der Waals surface area contributed by atoms with Crippen LogP contribution in [0.25, 0.3) is 0 Å². The second-order valence-corrected chi connectivity index (χ2v) is 4.55. The Kier molecular flexibility index (Phi) is 1.84. The lowest BCUT2D eigenvalue weighted by Gasteiger charge is -2.21. The molecule has 1 heterocycles. The van der Waals surface area contributed by atoms with E-state index in [1.807, 2.05) is 0 Å². The normalized spacial score (nSPS) is 35.3. The van der Waals surface area contributed by atoms with E-state index in [9.17, 15) is 0 Å². The van der Waals surface area contributed by atoms with Crippen molar-refractivity contribution < 1.29 is 0 Å². The van der Waals surface area contributed by atoms with Gasteiger partial charge in [0.25, 0.3) is 0 Å². The number of rotatable bonds is 0. The molecule has 1 aliphatic rings. The van der Waals surface area contributed by atoms with Crippen LogP contribution < -0.4 is 0 Å². The molecular formula is C7H16NP. The topological polar surface area (TPSA) is 3.24 Å². The molecule has 2 heteroatoms. The van der Waals surface area contributed by atoms with Crippen molar-refractivity contribution >= 4 is 9.39 Å². The second-order valence-electron chi connectivity index (χ2n) is 3.82. The van der Waals surface area contributed by atoms with E-state index in [1.165, 1.54) is 13.1 Å². The van der Waals surface area contributed by atoms with Crippen molar-refractivity contribution in [2.75, 3.05) is 13.1 Å². The highest BCUT2D eigenvalue weighted by Gasteiger charge is 2.34. The van der Waals surface area contributed by atoms with Crippen molar-refractivity contribution in [1.29, 1.82) is 0 Å². The molecule has 0 aromatic rings. The molecule has 2 unspecified atom stereocenters. The lowest BCUT2D eigenvalue weighted by molar-refractivity contribution is 0.307. The molecule has 1 nitrogen and oxygen atoms in total. The molecule has 0 amide bonds. The fourth-order valence-electron chi connectivity index (χ4n) is 1.34. The van der Waals surface area contributed by atoms with Gasteiger partial charge in [-0.1, -0.05) is 30.2 Å².